The number of aldehydes is 1. The van der Waals surface area contributed by atoms with Crippen molar-refractivity contribution in [1.29, 1.82) is 0 Å². The van der Waals surface area contributed by atoms with E-state index >= 15 is 0 Å². The molecule has 0 bridgehead atoms. The molecule has 0 aliphatic carbocycles. The number of carbonyl (C=O) groups is 1. The second-order valence-corrected chi connectivity index (χ2v) is 7.29. The fraction of sp³-hybridized carbons (Fsp3) is 0.167. The van der Waals surface area contributed by atoms with Crippen LogP contribution in [0.5, 0.6) is 0 Å². The van der Waals surface area contributed by atoms with Crippen molar-refractivity contribution in [1.82, 2.24) is 15.0 Å². The maximum Gasteiger partial charge on any atom is 0.180 e. The van der Waals surface area contributed by atoms with E-state index in [1.165, 1.54) is 0 Å². The lowest BCUT2D eigenvalue weighted by Crippen LogP contribution is -2.47. The summed E-state index contributed by atoms with van der Waals surface area (Å²) in [6, 6.07) is 21.7. The highest BCUT2D eigenvalue weighted by Gasteiger charge is 2.21. The molecular weight excluding hydrogens is 374 g/mol. The van der Waals surface area contributed by atoms with E-state index in [1.807, 2.05) is 60.7 Å². The summed E-state index contributed by atoms with van der Waals surface area (Å²) in [4.78, 5) is 29.6. The molecule has 0 amide bonds. The first-order chi connectivity index (χ1) is 14.8. The molecule has 5 rings (SSSR count). The Hall–Kier alpha value is -3.80. The standard InChI is InChI=1S/C24H21N5O/c30-17-18-8-10-19(11-9-18)28-13-15-29(16-14-28)24-20-5-1-2-6-21(20)26-23(27-24)22-7-3-4-12-25-22/h1-12,17H,13-16H2. The molecule has 1 fully saturated rings. The van der Waals surface area contributed by atoms with Gasteiger partial charge in [-0.05, 0) is 48.5 Å². The third-order valence-electron chi connectivity index (χ3n) is 5.45. The van der Waals surface area contributed by atoms with Crippen LogP contribution in [0.2, 0.25) is 0 Å². The van der Waals surface area contributed by atoms with Gasteiger partial charge < -0.3 is 9.80 Å². The van der Waals surface area contributed by atoms with Crippen molar-refractivity contribution in [2.45, 2.75) is 0 Å². The molecule has 30 heavy (non-hydrogen) atoms. The number of hydrogen-bond donors (Lipinski definition) is 0. The second-order valence-electron chi connectivity index (χ2n) is 7.29. The first-order valence-corrected chi connectivity index (χ1v) is 10.1. The number of pyridine rings is 1. The summed E-state index contributed by atoms with van der Waals surface area (Å²) in [7, 11) is 0. The third kappa shape index (κ3) is 3.48. The molecule has 0 unspecified atom stereocenters. The van der Waals surface area contributed by atoms with Crippen LogP contribution in [0, 0.1) is 0 Å². The smallest absolute Gasteiger partial charge is 0.180 e. The van der Waals surface area contributed by atoms with E-state index in [-0.39, 0.29) is 0 Å². The Morgan fingerprint density at radius 2 is 1.50 bits per heavy atom. The highest BCUT2D eigenvalue weighted by Crippen LogP contribution is 2.28. The molecule has 0 spiro atoms. The van der Waals surface area contributed by atoms with Crippen LogP contribution < -0.4 is 9.80 Å². The maximum absolute atomic E-state index is 10.9. The van der Waals surface area contributed by atoms with Crippen molar-refractivity contribution in [2.75, 3.05) is 36.0 Å². The normalized spacial score (nSPS) is 14.1. The monoisotopic (exact) mass is 395 g/mol. The average Bonchev–Trinajstić information content (AvgIpc) is 2.84. The molecule has 1 saturated heterocycles. The number of fused-ring (bicyclic) bond motifs is 1. The van der Waals surface area contributed by atoms with Gasteiger partial charge in [0.15, 0.2) is 5.82 Å². The molecule has 6 heteroatoms. The first-order valence-electron chi connectivity index (χ1n) is 10.1. The lowest BCUT2D eigenvalue weighted by atomic mass is 10.1. The van der Waals surface area contributed by atoms with E-state index in [1.54, 1.807) is 6.20 Å². The zero-order valence-electron chi connectivity index (χ0n) is 16.5. The zero-order valence-corrected chi connectivity index (χ0v) is 16.5. The molecule has 3 heterocycles. The SMILES string of the molecule is O=Cc1ccc(N2CCN(c3nc(-c4ccccn4)nc4ccccc34)CC2)cc1. The number of anilines is 2. The lowest BCUT2D eigenvalue weighted by Gasteiger charge is -2.37. The van der Waals surface area contributed by atoms with E-state index in [9.17, 15) is 4.79 Å². The number of carbonyl (C=O) groups excluding carboxylic acids is 1. The molecule has 0 saturated carbocycles. The highest BCUT2D eigenvalue weighted by molar-refractivity contribution is 5.91. The van der Waals surface area contributed by atoms with Crippen LogP contribution in [0.3, 0.4) is 0 Å². The molecule has 6 nitrogen and oxygen atoms in total. The van der Waals surface area contributed by atoms with Gasteiger partial charge in [-0.3, -0.25) is 9.78 Å². The van der Waals surface area contributed by atoms with Crippen molar-refractivity contribution in [2.24, 2.45) is 0 Å². The molecule has 4 aromatic rings. The van der Waals surface area contributed by atoms with Gasteiger partial charge in [-0.2, -0.15) is 0 Å². The van der Waals surface area contributed by atoms with Gasteiger partial charge in [0.05, 0.1) is 5.52 Å². The van der Waals surface area contributed by atoms with E-state index < -0.39 is 0 Å². The van der Waals surface area contributed by atoms with Crippen LogP contribution in [-0.4, -0.2) is 47.4 Å². The number of aromatic nitrogens is 3. The third-order valence-corrected chi connectivity index (χ3v) is 5.45. The Morgan fingerprint density at radius 3 is 2.23 bits per heavy atom. The minimum Gasteiger partial charge on any atom is -0.368 e. The molecule has 148 valence electrons. The van der Waals surface area contributed by atoms with Crippen LogP contribution in [0.25, 0.3) is 22.4 Å². The number of rotatable bonds is 4. The summed E-state index contributed by atoms with van der Waals surface area (Å²) in [6.45, 7) is 3.49. The van der Waals surface area contributed by atoms with E-state index in [2.05, 4.69) is 20.9 Å². The largest absolute Gasteiger partial charge is 0.368 e. The van der Waals surface area contributed by atoms with Crippen LogP contribution >= 0.6 is 0 Å². The summed E-state index contributed by atoms with van der Waals surface area (Å²) >= 11 is 0. The molecule has 0 radical (unpaired) electrons. The number of benzene rings is 2. The number of para-hydroxylation sites is 1. The van der Waals surface area contributed by atoms with Gasteiger partial charge in [0.2, 0.25) is 0 Å². The minimum absolute atomic E-state index is 0.649. The quantitative estimate of drug-likeness (QED) is 0.490. The van der Waals surface area contributed by atoms with Gasteiger partial charge >= 0.3 is 0 Å². The average molecular weight is 395 g/mol. The summed E-state index contributed by atoms with van der Waals surface area (Å²) < 4.78 is 0. The van der Waals surface area contributed by atoms with Crippen molar-refractivity contribution in [3.8, 4) is 11.5 Å². The second kappa shape index (κ2) is 7.91. The molecule has 0 N–H and O–H groups in total. The van der Waals surface area contributed by atoms with E-state index in [4.69, 9.17) is 9.97 Å². The van der Waals surface area contributed by atoms with Crippen LogP contribution in [0.15, 0.2) is 72.9 Å². The summed E-state index contributed by atoms with van der Waals surface area (Å²) in [5.74, 6) is 1.60. The van der Waals surface area contributed by atoms with Crippen molar-refractivity contribution in [3.05, 3.63) is 78.5 Å². The molecule has 2 aromatic carbocycles. The van der Waals surface area contributed by atoms with Gasteiger partial charge in [0.1, 0.15) is 17.8 Å². The maximum atomic E-state index is 10.9. The molecule has 2 aromatic heterocycles. The van der Waals surface area contributed by atoms with E-state index in [0.717, 1.165) is 60.6 Å². The van der Waals surface area contributed by atoms with Gasteiger partial charge in [-0.1, -0.05) is 18.2 Å². The summed E-state index contributed by atoms with van der Waals surface area (Å²) in [5.41, 5.74) is 3.54. The van der Waals surface area contributed by atoms with Gasteiger partial charge in [0, 0.05) is 49.0 Å². The molecule has 0 atom stereocenters. The summed E-state index contributed by atoms with van der Waals surface area (Å²) in [6.07, 6.45) is 2.64. The van der Waals surface area contributed by atoms with E-state index in [0.29, 0.717) is 11.4 Å². The van der Waals surface area contributed by atoms with Crippen molar-refractivity contribution in [3.63, 3.8) is 0 Å². The van der Waals surface area contributed by atoms with Crippen LogP contribution in [-0.2, 0) is 0 Å². The number of nitrogens with zero attached hydrogens (tertiary/aromatic N) is 5. The Labute approximate surface area is 174 Å². The molecule has 1 aliphatic heterocycles. The fourth-order valence-electron chi connectivity index (χ4n) is 3.85. The lowest BCUT2D eigenvalue weighted by molar-refractivity contribution is 0.112. The minimum atomic E-state index is 0.649. The summed E-state index contributed by atoms with van der Waals surface area (Å²) in [5, 5.41) is 1.06. The Kier molecular flexibility index (Phi) is 4.81. The number of hydrogen-bond acceptors (Lipinski definition) is 6. The Bertz CT molecular complexity index is 1170. The Balaban J connectivity index is 1.44. The van der Waals surface area contributed by atoms with Crippen LogP contribution in [0.4, 0.5) is 11.5 Å². The molecule has 1 aliphatic rings. The van der Waals surface area contributed by atoms with Crippen molar-refractivity contribution >= 4 is 28.7 Å². The highest BCUT2D eigenvalue weighted by atomic mass is 16.1. The predicted molar refractivity (Wildman–Crippen MR) is 119 cm³/mol. The number of piperazine rings is 1. The fourth-order valence-corrected chi connectivity index (χ4v) is 3.85. The molecular formula is C24H21N5O. The Morgan fingerprint density at radius 1 is 0.767 bits per heavy atom. The topological polar surface area (TPSA) is 62.2 Å². The first kappa shape index (κ1) is 18.2. The van der Waals surface area contributed by atoms with Crippen molar-refractivity contribution < 1.29 is 4.79 Å². The van der Waals surface area contributed by atoms with Crippen LogP contribution in [0.1, 0.15) is 10.4 Å². The zero-order chi connectivity index (χ0) is 20.3. The van der Waals surface area contributed by atoms with Gasteiger partial charge in [0.25, 0.3) is 0 Å². The van der Waals surface area contributed by atoms with Gasteiger partial charge in [-0.25, -0.2) is 9.97 Å². The van der Waals surface area contributed by atoms with Gasteiger partial charge in [-0.15, -0.1) is 0 Å². The predicted octanol–water partition coefficient (Wildman–Crippen LogP) is 3.83.